The molecule has 0 spiro atoms. The number of unbranched alkanes of at least 4 members (excludes halogenated alkanes) is 1. The third-order valence-electron chi connectivity index (χ3n) is 7.00. The molecule has 5 aromatic rings. The smallest absolute Gasteiger partial charge is 0.351 e. The molecule has 12 heteroatoms. The van der Waals surface area contributed by atoms with Crippen molar-refractivity contribution < 1.29 is 17.3 Å². The van der Waals surface area contributed by atoms with Crippen LogP contribution in [-0.4, -0.2) is 27.9 Å². The SMILES string of the molecule is CCCCc1nn(-c2ccccc2Cl)c(=O)n1Cc1ccc(-c2ccccc2S(=O)(=O)Nc2noc(C)c2C)c(F)c1. The van der Waals surface area contributed by atoms with Crippen LogP contribution in [0.3, 0.4) is 0 Å². The van der Waals surface area contributed by atoms with Crippen molar-refractivity contribution in [2.24, 2.45) is 0 Å². The van der Waals surface area contributed by atoms with E-state index in [2.05, 4.69) is 15.0 Å². The first kappa shape index (κ1) is 29.3. The third-order valence-corrected chi connectivity index (χ3v) is 8.72. The molecule has 0 fully saturated rings. The van der Waals surface area contributed by atoms with Crippen LogP contribution in [0.15, 0.2) is 80.9 Å². The minimum atomic E-state index is -4.13. The summed E-state index contributed by atoms with van der Waals surface area (Å²) in [6.45, 7) is 5.48. The Kier molecular flexibility index (Phi) is 8.33. The van der Waals surface area contributed by atoms with E-state index in [0.29, 0.717) is 39.8 Å². The highest BCUT2D eigenvalue weighted by molar-refractivity contribution is 7.92. The maximum Gasteiger partial charge on any atom is 0.351 e. The number of aryl methyl sites for hydroxylation is 2. The summed E-state index contributed by atoms with van der Waals surface area (Å²) in [5, 5.41) is 8.71. The van der Waals surface area contributed by atoms with E-state index >= 15 is 4.39 Å². The number of nitrogens with zero attached hydrogens (tertiary/aromatic N) is 4. The fourth-order valence-electron chi connectivity index (χ4n) is 4.57. The number of hydrogen-bond donors (Lipinski definition) is 1. The first-order valence-electron chi connectivity index (χ1n) is 13.4. The van der Waals surface area contributed by atoms with E-state index < -0.39 is 15.8 Å². The zero-order valence-corrected chi connectivity index (χ0v) is 24.8. The second-order valence-corrected chi connectivity index (χ2v) is 11.9. The average Bonchev–Trinajstić information content (AvgIpc) is 3.45. The monoisotopic (exact) mass is 609 g/mol. The summed E-state index contributed by atoms with van der Waals surface area (Å²) in [4.78, 5) is 13.3. The number of anilines is 1. The first-order valence-corrected chi connectivity index (χ1v) is 15.2. The van der Waals surface area contributed by atoms with Gasteiger partial charge in [-0.25, -0.2) is 17.6 Å². The highest BCUT2D eigenvalue weighted by Gasteiger charge is 2.24. The molecular weight excluding hydrogens is 581 g/mol. The van der Waals surface area contributed by atoms with Crippen LogP contribution in [0.4, 0.5) is 10.2 Å². The zero-order valence-electron chi connectivity index (χ0n) is 23.3. The molecule has 0 bridgehead atoms. The predicted molar refractivity (Wildman–Crippen MR) is 159 cm³/mol. The first-order chi connectivity index (χ1) is 20.1. The van der Waals surface area contributed by atoms with Gasteiger partial charge in [0, 0.05) is 23.1 Å². The molecule has 0 saturated heterocycles. The van der Waals surface area contributed by atoms with Gasteiger partial charge in [0.1, 0.15) is 17.4 Å². The minimum Gasteiger partial charge on any atom is -0.359 e. The van der Waals surface area contributed by atoms with Gasteiger partial charge in [0.05, 0.1) is 22.2 Å². The highest BCUT2D eigenvalue weighted by Crippen LogP contribution is 2.32. The molecule has 0 amide bonds. The summed E-state index contributed by atoms with van der Waals surface area (Å²) < 4.78 is 52.6. The topological polar surface area (TPSA) is 112 Å². The molecule has 0 unspecified atom stereocenters. The fourth-order valence-corrected chi connectivity index (χ4v) is 6.07. The molecule has 9 nitrogen and oxygen atoms in total. The van der Waals surface area contributed by atoms with Gasteiger partial charge in [0.25, 0.3) is 10.0 Å². The van der Waals surface area contributed by atoms with E-state index in [1.807, 2.05) is 6.92 Å². The van der Waals surface area contributed by atoms with Crippen molar-refractivity contribution in [1.29, 1.82) is 0 Å². The van der Waals surface area contributed by atoms with Gasteiger partial charge < -0.3 is 4.52 Å². The lowest BCUT2D eigenvalue weighted by Gasteiger charge is -2.13. The molecule has 0 aliphatic carbocycles. The molecule has 5 rings (SSSR count). The lowest BCUT2D eigenvalue weighted by Crippen LogP contribution is -2.25. The van der Waals surface area contributed by atoms with Gasteiger partial charge in [0.15, 0.2) is 5.82 Å². The Labute approximate surface area is 247 Å². The summed E-state index contributed by atoms with van der Waals surface area (Å²) in [6, 6.07) is 17.6. The Morgan fingerprint density at radius 3 is 2.45 bits per heavy atom. The quantitative estimate of drug-likeness (QED) is 0.199. The Morgan fingerprint density at radius 1 is 1.02 bits per heavy atom. The van der Waals surface area contributed by atoms with Crippen molar-refractivity contribution in [2.45, 2.75) is 51.5 Å². The van der Waals surface area contributed by atoms with Crippen LogP contribution >= 0.6 is 11.6 Å². The van der Waals surface area contributed by atoms with Crippen molar-refractivity contribution in [2.75, 3.05) is 4.72 Å². The Balaban J connectivity index is 1.49. The van der Waals surface area contributed by atoms with Gasteiger partial charge in [-0.2, -0.15) is 4.68 Å². The van der Waals surface area contributed by atoms with E-state index in [9.17, 15) is 13.2 Å². The Hall–Kier alpha value is -4.22. The summed E-state index contributed by atoms with van der Waals surface area (Å²) in [7, 11) is -4.13. The average molecular weight is 610 g/mol. The van der Waals surface area contributed by atoms with Gasteiger partial charge in [0.2, 0.25) is 0 Å². The molecule has 0 aliphatic rings. The van der Waals surface area contributed by atoms with Crippen LogP contribution < -0.4 is 10.4 Å². The van der Waals surface area contributed by atoms with Gasteiger partial charge in [-0.05, 0) is 50.1 Å². The van der Waals surface area contributed by atoms with Gasteiger partial charge in [-0.15, -0.1) is 5.10 Å². The lowest BCUT2D eigenvalue weighted by atomic mass is 10.0. The molecule has 1 N–H and O–H groups in total. The number of nitrogens with one attached hydrogen (secondary N) is 1. The maximum absolute atomic E-state index is 15.7. The number of halogens is 2. The van der Waals surface area contributed by atoms with E-state index in [1.165, 1.54) is 33.5 Å². The molecule has 0 aliphatic heterocycles. The van der Waals surface area contributed by atoms with Gasteiger partial charge in [-0.1, -0.05) is 72.6 Å². The fraction of sp³-hybridized carbons (Fsp3) is 0.233. The number of benzene rings is 3. The summed E-state index contributed by atoms with van der Waals surface area (Å²) in [6.07, 6.45) is 2.29. The van der Waals surface area contributed by atoms with Crippen LogP contribution in [-0.2, 0) is 23.0 Å². The third kappa shape index (κ3) is 5.75. The molecule has 0 saturated carbocycles. The van der Waals surface area contributed by atoms with Crippen molar-refractivity contribution in [3.8, 4) is 16.8 Å². The second kappa shape index (κ2) is 11.9. The number of sulfonamides is 1. The van der Waals surface area contributed by atoms with Crippen LogP contribution in [0.2, 0.25) is 5.02 Å². The molecule has 3 aromatic carbocycles. The number of aromatic nitrogens is 4. The van der Waals surface area contributed by atoms with Crippen molar-refractivity contribution in [3.63, 3.8) is 0 Å². The van der Waals surface area contributed by atoms with Crippen molar-refractivity contribution >= 4 is 27.4 Å². The van der Waals surface area contributed by atoms with Gasteiger partial charge >= 0.3 is 5.69 Å². The van der Waals surface area contributed by atoms with Crippen molar-refractivity contribution in [3.05, 3.63) is 111 Å². The molecule has 2 aromatic heterocycles. The zero-order chi connectivity index (χ0) is 30.0. The molecule has 218 valence electrons. The molecule has 42 heavy (non-hydrogen) atoms. The van der Waals surface area contributed by atoms with E-state index in [4.69, 9.17) is 16.1 Å². The molecular formula is C30H29ClFN5O4S. The minimum absolute atomic E-state index is 0.0692. The molecule has 2 heterocycles. The Bertz CT molecular complexity index is 1930. The van der Waals surface area contributed by atoms with Crippen LogP contribution in [0.1, 0.15) is 42.5 Å². The number of rotatable bonds is 10. The normalized spacial score (nSPS) is 11.6. The van der Waals surface area contributed by atoms with Crippen LogP contribution in [0.5, 0.6) is 0 Å². The summed E-state index contributed by atoms with van der Waals surface area (Å²) in [5.41, 5.74) is 1.42. The van der Waals surface area contributed by atoms with Crippen LogP contribution in [0, 0.1) is 19.7 Å². The van der Waals surface area contributed by atoms with E-state index in [0.717, 1.165) is 12.8 Å². The maximum atomic E-state index is 15.7. The second-order valence-electron chi connectivity index (χ2n) is 9.88. The largest absolute Gasteiger partial charge is 0.359 e. The molecule has 0 radical (unpaired) electrons. The van der Waals surface area contributed by atoms with Crippen molar-refractivity contribution in [1.82, 2.24) is 19.5 Å². The highest BCUT2D eigenvalue weighted by atomic mass is 35.5. The van der Waals surface area contributed by atoms with Crippen LogP contribution in [0.25, 0.3) is 16.8 Å². The summed E-state index contributed by atoms with van der Waals surface area (Å²) in [5.74, 6) is 0.481. The molecule has 0 atom stereocenters. The van der Waals surface area contributed by atoms with E-state index in [1.54, 1.807) is 56.3 Å². The van der Waals surface area contributed by atoms with E-state index in [-0.39, 0.29) is 34.1 Å². The summed E-state index contributed by atoms with van der Waals surface area (Å²) >= 11 is 6.34. The Morgan fingerprint density at radius 2 is 1.76 bits per heavy atom. The standard InChI is InChI=1S/C30H29ClFN5O4S/c1-4-5-14-28-33-37(26-12-8-7-11-24(26)31)30(38)36(28)18-21-15-16-22(25(32)17-21)23-10-6-9-13-27(23)42(39,40)35-29-19(2)20(3)41-34-29/h6-13,15-17H,4-5,14,18H2,1-3H3,(H,34,35). The van der Waals surface area contributed by atoms with Gasteiger partial charge in [-0.3, -0.25) is 9.29 Å². The number of para-hydroxylation sites is 1. The lowest BCUT2D eigenvalue weighted by molar-refractivity contribution is 0.399. The number of hydrogen-bond acceptors (Lipinski definition) is 6. The predicted octanol–water partition coefficient (Wildman–Crippen LogP) is 6.29.